The van der Waals surface area contributed by atoms with Gasteiger partial charge in [0.2, 0.25) is 0 Å². The Hall–Kier alpha value is -0.820. The fourth-order valence-corrected chi connectivity index (χ4v) is 1.92. The van der Waals surface area contributed by atoms with Gasteiger partial charge in [0.15, 0.2) is 0 Å². The van der Waals surface area contributed by atoms with Gasteiger partial charge in [0.05, 0.1) is 0 Å². The lowest BCUT2D eigenvalue weighted by atomic mass is 9.97. The van der Waals surface area contributed by atoms with Crippen LogP contribution in [0.25, 0.3) is 0 Å². The van der Waals surface area contributed by atoms with Crippen LogP contribution in [0, 0.1) is 6.07 Å². The number of rotatable bonds is 7. The molecule has 0 atom stereocenters. The van der Waals surface area contributed by atoms with Crippen molar-refractivity contribution in [3.8, 4) is 0 Å². The van der Waals surface area contributed by atoms with E-state index in [1.165, 1.54) is 42.4 Å². The van der Waals surface area contributed by atoms with Gasteiger partial charge in [-0.2, -0.15) is 0 Å². The maximum absolute atomic E-state index is 5.75. The van der Waals surface area contributed by atoms with Gasteiger partial charge in [0.1, 0.15) is 0 Å². The monoisotopic (exact) mass is 218 g/mol. The van der Waals surface area contributed by atoms with E-state index in [2.05, 4.69) is 32.0 Å². The Morgan fingerprint density at radius 1 is 1.06 bits per heavy atom. The molecule has 1 rings (SSSR count). The van der Waals surface area contributed by atoms with Crippen molar-refractivity contribution < 1.29 is 0 Å². The maximum Gasteiger partial charge on any atom is 0.0181 e. The Balaban J connectivity index is 2.74. The van der Waals surface area contributed by atoms with Crippen LogP contribution in [0.1, 0.15) is 56.2 Å². The highest BCUT2D eigenvalue weighted by Gasteiger charge is 2.03. The summed E-state index contributed by atoms with van der Waals surface area (Å²) in [4.78, 5) is 0. The molecular formula is C15H24N. The van der Waals surface area contributed by atoms with E-state index in [9.17, 15) is 0 Å². The number of unbranched alkanes of at least 4 members (excludes halogenated alkanes) is 2. The minimum absolute atomic E-state index is 0.642. The van der Waals surface area contributed by atoms with E-state index >= 15 is 0 Å². The summed E-state index contributed by atoms with van der Waals surface area (Å²) in [6.07, 6.45) is 7.32. The van der Waals surface area contributed by atoms with E-state index in [1.54, 1.807) is 0 Å². The molecule has 0 heterocycles. The minimum Gasteiger partial charge on any atom is -0.326 e. The molecule has 2 N–H and O–H groups in total. The van der Waals surface area contributed by atoms with Gasteiger partial charge in [-0.05, 0) is 54.5 Å². The molecule has 1 radical (unpaired) electrons. The lowest BCUT2D eigenvalue weighted by Gasteiger charge is -2.09. The van der Waals surface area contributed by atoms with Crippen LogP contribution in [0.5, 0.6) is 0 Å². The van der Waals surface area contributed by atoms with Crippen molar-refractivity contribution in [3.63, 3.8) is 0 Å². The number of hydrogen-bond donors (Lipinski definition) is 1. The molecule has 1 aromatic rings. The van der Waals surface area contributed by atoms with Gasteiger partial charge >= 0.3 is 0 Å². The summed E-state index contributed by atoms with van der Waals surface area (Å²) in [6.45, 7) is 5.10. The van der Waals surface area contributed by atoms with E-state index in [1.807, 2.05) is 0 Å². The molecule has 16 heavy (non-hydrogen) atoms. The third-order valence-corrected chi connectivity index (χ3v) is 3.01. The van der Waals surface area contributed by atoms with Gasteiger partial charge in [0.25, 0.3) is 0 Å². The second-order valence-electron chi connectivity index (χ2n) is 4.42. The average Bonchev–Trinajstić information content (AvgIpc) is 2.33. The second-order valence-corrected chi connectivity index (χ2v) is 4.42. The number of nitrogens with two attached hydrogens (primary N) is 1. The van der Waals surface area contributed by atoms with Crippen molar-refractivity contribution in [2.75, 3.05) is 0 Å². The van der Waals surface area contributed by atoms with Gasteiger partial charge in [0, 0.05) is 6.54 Å². The topological polar surface area (TPSA) is 26.0 Å². The second kappa shape index (κ2) is 7.45. The molecule has 0 fully saturated rings. The predicted octanol–water partition coefficient (Wildman–Crippen LogP) is 3.63. The Labute approximate surface area is 100 Å². The SMILES string of the molecule is CCCCc1[c]cc(CN)c(CCCC)c1. The van der Waals surface area contributed by atoms with E-state index < -0.39 is 0 Å². The third-order valence-electron chi connectivity index (χ3n) is 3.01. The molecule has 1 aromatic carbocycles. The van der Waals surface area contributed by atoms with Crippen LogP contribution in [0.4, 0.5) is 0 Å². The van der Waals surface area contributed by atoms with Crippen LogP contribution in [0.2, 0.25) is 0 Å². The van der Waals surface area contributed by atoms with E-state index in [0.29, 0.717) is 6.54 Å². The molecule has 1 heteroatoms. The summed E-state index contributed by atoms with van der Waals surface area (Å²) in [6, 6.07) is 7.77. The summed E-state index contributed by atoms with van der Waals surface area (Å²) in [5, 5.41) is 0. The molecule has 89 valence electrons. The first-order chi connectivity index (χ1) is 7.81. The van der Waals surface area contributed by atoms with Gasteiger partial charge in [-0.25, -0.2) is 0 Å². The first kappa shape index (κ1) is 13.2. The van der Waals surface area contributed by atoms with Gasteiger partial charge in [-0.15, -0.1) is 0 Å². The molecule has 0 bridgehead atoms. The summed E-state index contributed by atoms with van der Waals surface area (Å²) in [7, 11) is 0. The maximum atomic E-state index is 5.75. The van der Waals surface area contributed by atoms with Gasteiger partial charge in [-0.3, -0.25) is 0 Å². The lowest BCUT2D eigenvalue weighted by molar-refractivity contribution is 0.772. The van der Waals surface area contributed by atoms with Crippen molar-refractivity contribution in [3.05, 3.63) is 34.9 Å². The zero-order valence-corrected chi connectivity index (χ0v) is 10.7. The van der Waals surface area contributed by atoms with E-state index in [4.69, 9.17) is 5.73 Å². The first-order valence-corrected chi connectivity index (χ1v) is 6.54. The highest BCUT2D eigenvalue weighted by Crippen LogP contribution is 2.15. The van der Waals surface area contributed by atoms with Crippen LogP contribution < -0.4 is 5.73 Å². The Bertz CT molecular complexity index is 304. The van der Waals surface area contributed by atoms with Crippen LogP contribution in [-0.2, 0) is 19.4 Å². The van der Waals surface area contributed by atoms with Gasteiger partial charge < -0.3 is 5.73 Å². The molecule has 0 spiro atoms. The molecule has 0 aromatic heterocycles. The molecule has 1 nitrogen and oxygen atoms in total. The predicted molar refractivity (Wildman–Crippen MR) is 70.4 cm³/mol. The Morgan fingerprint density at radius 2 is 1.75 bits per heavy atom. The molecule has 0 aliphatic heterocycles. The number of aryl methyl sites for hydroxylation is 2. The van der Waals surface area contributed by atoms with E-state index in [0.717, 1.165) is 12.8 Å². The standard InChI is InChI=1S/C15H24N/c1-3-5-7-13-9-10-15(12-16)14(11-13)8-6-4-2/h10-11H,3-8,12,16H2,1-2H3. The molecule has 0 saturated carbocycles. The molecular weight excluding hydrogens is 194 g/mol. The number of hydrogen-bond acceptors (Lipinski definition) is 1. The van der Waals surface area contributed by atoms with Crippen molar-refractivity contribution in [2.45, 2.75) is 58.9 Å². The highest BCUT2D eigenvalue weighted by atomic mass is 14.5. The number of benzene rings is 1. The van der Waals surface area contributed by atoms with Crippen LogP contribution >= 0.6 is 0 Å². The van der Waals surface area contributed by atoms with Gasteiger partial charge in [-0.1, -0.05) is 32.8 Å². The molecule has 0 unspecified atom stereocenters. The summed E-state index contributed by atoms with van der Waals surface area (Å²) < 4.78 is 0. The quantitative estimate of drug-likeness (QED) is 0.743. The van der Waals surface area contributed by atoms with Crippen molar-refractivity contribution in [1.29, 1.82) is 0 Å². The summed E-state index contributed by atoms with van der Waals surface area (Å²) >= 11 is 0. The van der Waals surface area contributed by atoms with Crippen LogP contribution in [0.3, 0.4) is 0 Å². The fraction of sp³-hybridized carbons (Fsp3) is 0.600. The average molecular weight is 218 g/mol. The zero-order chi connectivity index (χ0) is 11.8. The minimum atomic E-state index is 0.642. The van der Waals surface area contributed by atoms with Crippen molar-refractivity contribution in [1.82, 2.24) is 0 Å². The lowest BCUT2D eigenvalue weighted by Crippen LogP contribution is -2.03. The molecule has 0 amide bonds. The summed E-state index contributed by atoms with van der Waals surface area (Å²) in [5.41, 5.74) is 9.82. The molecule has 0 aliphatic carbocycles. The van der Waals surface area contributed by atoms with Crippen molar-refractivity contribution >= 4 is 0 Å². The largest absolute Gasteiger partial charge is 0.326 e. The smallest absolute Gasteiger partial charge is 0.0181 e. The highest BCUT2D eigenvalue weighted by molar-refractivity contribution is 5.31. The van der Waals surface area contributed by atoms with Crippen LogP contribution in [0.15, 0.2) is 12.1 Å². The fourth-order valence-electron chi connectivity index (χ4n) is 1.92. The molecule has 0 aliphatic rings. The first-order valence-electron chi connectivity index (χ1n) is 6.54. The summed E-state index contributed by atoms with van der Waals surface area (Å²) in [5.74, 6) is 0. The molecule has 0 saturated heterocycles. The van der Waals surface area contributed by atoms with Crippen molar-refractivity contribution in [2.24, 2.45) is 5.73 Å². The third kappa shape index (κ3) is 3.97. The zero-order valence-electron chi connectivity index (χ0n) is 10.7. The van der Waals surface area contributed by atoms with Crippen LogP contribution in [-0.4, -0.2) is 0 Å². The normalized spacial score (nSPS) is 10.7. The Kier molecular flexibility index (Phi) is 6.17. The van der Waals surface area contributed by atoms with E-state index in [-0.39, 0.29) is 0 Å². The Morgan fingerprint density at radius 3 is 2.38 bits per heavy atom.